The summed E-state index contributed by atoms with van der Waals surface area (Å²) >= 11 is 0. The number of nitrogens with one attached hydrogen (secondary N) is 1. The van der Waals surface area contributed by atoms with Crippen LogP contribution in [0.5, 0.6) is 0 Å². The molecule has 4 nitrogen and oxygen atoms in total. The van der Waals surface area contributed by atoms with E-state index in [-0.39, 0.29) is 5.54 Å². The van der Waals surface area contributed by atoms with Gasteiger partial charge in [0.15, 0.2) is 0 Å². The normalized spacial score (nSPS) is 27.3. The second-order valence-corrected chi connectivity index (χ2v) is 5.68. The summed E-state index contributed by atoms with van der Waals surface area (Å²) in [4.78, 5) is 2.03. The number of hydrogen-bond acceptors (Lipinski definition) is 4. The van der Waals surface area contributed by atoms with Crippen LogP contribution in [0.1, 0.15) is 20.8 Å². The van der Waals surface area contributed by atoms with E-state index in [0.717, 1.165) is 18.7 Å². The van der Waals surface area contributed by atoms with Crippen LogP contribution in [0.15, 0.2) is 12.2 Å². The summed E-state index contributed by atoms with van der Waals surface area (Å²) in [6.45, 7) is 12.9. The van der Waals surface area contributed by atoms with Crippen molar-refractivity contribution in [2.45, 2.75) is 38.5 Å². The molecule has 1 aliphatic heterocycles. The Morgan fingerprint density at radius 3 is 2.25 bits per heavy atom. The third-order valence-corrected chi connectivity index (χ3v) is 2.65. The molecule has 94 valence electrons. The highest BCUT2D eigenvalue weighted by molar-refractivity contribution is 5.03. The molecular formula is C12H24N2O2. The molecule has 1 saturated heterocycles. The smallest absolute Gasteiger partial charge is 0.0938 e. The fourth-order valence-corrected chi connectivity index (χ4v) is 1.74. The number of nitrogens with zero attached hydrogens (tertiary/aromatic N) is 1. The highest BCUT2D eigenvalue weighted by atomic mass is 16.3. The molecule has 0 saturated carbocycles. The van der Waals surface area contributed by atoms with Crippen LogP contribution in [0.3, 0.4) is 0 Å². The van der Waals surface area contributed by atoms with Gasteiger partial charge in [-0.15, -0.1) is 0 Å². The number of rotatable bonds is 4. The third-order valence-electron chi connectivity index (χ3n) is 2.65. The Morgan fingerprint density at radius 1 is 1.31 bits per heavy atom. The number of aliphatic hydroxyl groups excluding tert-OH is 2. The highest BCUT2D eigenvalue weighted by Gasteiger charge is 2.29. The molecule has 0 radical (unpaired) electrons. The van der Waals surface area contributed by atoms with Crippen molar-refractivity contribution in [2.24, 2.45) is 0 Å². The largest absolute Gasteiger partial charge is 0.389 e. The van der Waals surface area contributed by atoms with Crippen LogP contribution in [0.2, 0.25) is 0 Å². The fraction of sp³-hybridized carbons (Fsp3) is 0.833. The van der Waals surface area contributed by atoms with E-state index in [9.17, 15) is 10.2 Å². The van der Waals surface area contributed by atoms with Crippen LogP contribution in [-0.4, -0.2) is 59.0 Å². The van der Waals surface area contributed by atoms with Gasteiger partial charge in [0.05, 0.1) is 12.2 Å². The molecule has 0 amide bonds. The maximum absolute atomic E-state index is 9.40. The number of likely N-dealkylation sites (tertiary alicyclic amines) is 1. The van der Waals surface area contributed by atoms with Crippen molar-refractivity contribution < 1.29 is 10.2 Å². The first kappa shape index (κ1) is 13.6. The quantitative estimate of drug-likeness (QED) is 0.591. The molecule has 0 aromatic heterocycles. The highest BCUT2D eigenvalue weighted by Crippen LogP contribution is 2.11. The standard InChI is InChI=1S/C12H24N2O2/c1-9(5-13-12(2,3)4)6-14-7-10(15)11(16)8-14/h10-11,13,15-16H,1,5-8H2,2-4H3. The maximum Gasteiger partial charge on any atom is 0.0938 e. The summed E-state index contributed by atoms with van der Waals surface area (Å²) < 4.78 is 0. The zero-order chi connectivity index (χ0) is 12.3. The van der Waals surface area contributed by atoms with Crippen molar-refractivity contribution in [2.75, 3.05) is 26.2 Å². The molecule has 0 bridgehead atoms. The van der Waals surface area contributed by atoms with Gasteiger partial charge in [-0.25, -0.2) is 0 Å². The topological polar surface area (TPSA) is 55.7 Å². The Hall–Kier alpha value is -0.420. The van der Waals surface area contributed by atoms with Crippen LogP contribution in [-0.2, 0) is 0 Å². The predicted molar refractivity (Wildman–Crippen MR) is 65.3 cm³/mol. The van der Waals surface area contributed by atoms with Crippen molar-refractivity contribution in [1.82, 2.24) is 10.2 Å². The van der Waals surface area contributed by atoms with Gasteiger partial charge in [-0.1, -0.05) is 6.58 Å². The van der Waals surface area contributed by atoms with E-state index in [1.54, 1.807) is 0 Å². The number of aliphatic hydroxyl groups is 2. The van der Waals surface area contributed by atoms with E-state index in [2.05, 4.69) is 32.7 Å². The molecule has 1 heterocycles. The van der Waals surface area contributed by atoms with Crippen LogP contribution < -0.4 is 5.32 Å². The van der Waals surface area contributed by atoms with Crippen molar-refractivity contribution >= 4 is 0 Å². The van der Waals surface area contributed by atoms with Crippen LogP contribution in [0.4, 0.5) is 0 Å². The van der Waals surface area contributed by atoms with E-state index >= 15 is 0 Å². The van der Waals surface area contributed by atoms with Gasteiger partial charge in [0.2, 0.25) is 0 Å². The average Bonchev–Trinajstić information content (AvgIpc) is 2.41. The summed E-state index contributed by atoms with van der Waals surface area (Å²) in [5.41, 5.74) is 1.17. The van der Waals surface area contributed by atoms with Crippen LogP contribution in [0.25, 0.3) is 0 Å². The molecule has 0 spiro atoms. The molecule has 1 rings (SSSR count). The van der Waals surface area contributed by atoms with Gasteiger partial charge in [0.25, 0.3) is 0 Å². The minimum Gasteiger partial charge on any atom is -0.389 e. The predicted octanol–water partition coefficient (Wildman–Crippen LogP) is -0.0319. The lowest BCUT2D eigenvalue weighted by Gasteiger charge is -2.23. The lowest BCUT2D eigenvalue weighted by atomic mass is 10.1. The van der Waals surface area contributed by atoms with Gasteiger partial charge in [-0.2, -0.15) is 0 Å². The molecule has 3 N–H and O–H groups in total. The van der Waals surface area contributed by atoms with Crippen molar-refractivity contribution in [1.29, 1.82) is 0 Å². The SMILES string of the molecule is C=C(CNC(C)(C)C)CN1CC(O)C(O)C1. The van der Waals surface area contributed by atoms with E-state index in [1.165, 1.54) is 0 Å². The van der Waals surface area contributed by atoms with Gasteiger partial charge in [0.1, 0.15) is 0 Å². The molecule has 0 aromatic rings. The molecule has 1 fully saturated rings. The van der Waals surface area contributed by atoms with Gasteiger partial charge < -0.3 is 15.5 Å². The molecule has 4 heteroatoms. The van der Waals surface area contributed by atoms with Crippen LogP contribution >= 0.6 is 0 Å². The van der Waals surface area contributed by atoms with Crippen molar-refractivity contribution in [3.8, 4) is 0 Å². The zero-order valence-corrected chi connectivity index (χ0v) is 10.5. The monoisotopic (exact) mass is 228 g/mol. The lowest BCUT2D eigenvalue weighted by molar-refractivity contribution is 0.0572. The Kier molecular flexibility index (Phi) is 4.50. The zero-order valence-electron chi connectivity index (χ0n) is 10.5. The summed E-state index contributed by atoms with van der Waals surface area (Å²) in [6, 6.07) is 0. The first-order chi connectivity index (χ1) is 7.28. The van der Waals surface area contributed by atoms with Crippen LogP contribution in [0, 0.1) is 0 Å². The fourth-order valence-electron chi connectivity index (χ4n) is 1.74. The first-order valence-electron chi connectivity index (χ1n) is 5.78. The molecule has 0 aromatic carbocycles. The third kappa shape index (κ3) is 4.61. The Balaban J connectivity index is 2.25. The minimum absolute atomic E-state index is 0.0903. The molecule has 2 atom stereocenters. The summed E-state index contributed by atoms with van der Waals surface area (Å²) in [6.07, 6.45) is -1.22. The second-order valence-electron chi connectivity index (χ2n) is 5.68. The van der Waals surface area contributed by atoms with E-state index in [1.807, 2.05) is 4.90 Å². The van der Waals surface area contributed by atoms with Crippen molar-refractivity contribution in [3.05, 3.63) is 12.2 Å². The Labute approximate surface area is 98.0 Å². The summed E-state index contributed by atoms with van der Waals surface area (Å²) in [5, 5.41) is 22.2. The van der Waals surface area contributed by atoms with Gasteiger partial charge >= 0.3 is 0 Å². The Morgan fingerprint density at radius 2 is 1.81 bits per heavy atom. The maximum atomic E-state index is 9.40. The number of hydrogen-bond donors (Lipinski definition) is 3. The molecule has 1 aliphatic rings. The average molecular weight is 228 g/mol. The molecule has 0 aliphatic carbocycles. The van der Waals surface area contributed by atoms with Crippen molar-refractivity contribution in [3.63, 3.8) is 0 Å². The van der Waals surface area contributed by atoms with E-state index in [0.29, 0.717) is 13.1 Å². The summed E-state index contributed by atoms with van der Waals surface area (Å²) in [7, 11) is 0. The second kappa shape index (κ2) is 5.27. The molecular weight excluding hydrogens is 204 g/mol. The number of β-amino-alcohol motifs (C(OH)–C–C–N with tert-alkyl or cyclic N) is 2. The molecule has 16 heavy (non-hydrogen) atoms. The van der Waals surface area contributed by atoms with Gasteiger partial charge in [0, 0.05) is 31.7 Å². The minimum atomic E-state index is -0.608. The first-order valence-corrected chi connectivity index (χ1v) is 5.78. The molecule has 2 unspecified atom stereocenters. The van der Waals surface area contributed by atoms with Gasteiger partial charge in [-0.3, -0.25) is 4.90 Å². The Bertz CT molecular complexity index is 238. The summed E-state index contributed by atoms with van der Waals surface area (Å²) in [5.74, 6) is 0. The van der Waals surface area contributed by atoms with Gasteiger partial charge in [-0.05, 0) is 26.3 Å². The van der Waals surface area contributed by atoms with E-state index in [4.69, 9.17) is 0 Å². The lowest BCUT2D eigenvalue weighted by Crippen LogP contribution is -2.38. The van der Waals surface area contributed by atoms with E-state index < -0.39 is 12.2 Å².